The van der Waals surface area contributed by atoms with Crippen molar-refractivity contribution in [3.05, 3.63) is 59.0 Å². The minimum absolute atomic E-state index is 0.112. The summed E-state index contributed by atoms with van der Waals surface area (Å²) in [6.07, 6.45) is 0.644. The first kappa shape index (κ1) is 17.8. The molecular formula is C21H18N2O5. The minimum Gasteiger partial charge on any atom is -0.481 e. The second kappa shape index (κ2) is 7.19. The molecule has 0 spiro atoms. The minimum atomic E-state index is -0.815. The van der Waals surface area contributed by atoms with Gasteiger partial charge in [0.25, 0.3) is 0 Å². The lowest BCUT2D eigenvalue weighted by molar-refractivity contribution is -0.137. The second-order valence-electron chi connectivity index (χ2n) is 6.58. The summed E-state index contributed by atoms with van der Waals surface area (Å²) in [5, 5.41) is 9.50. The molecule has 0 radical (unpaired) electrons. The molecule has 4 aromatic rings. The molecule has 7 heteroatoms. The number of nitrogens with zero attached hydrogens (tertiary/aromatic N) is 2. The van der Waals surface area contributed by atoms with Gasteiger partial charge in [0.05, 0.1) is 0 Å². The van der Waals surface area contributed by atoms with Gasteiger partial charge in [0.2, 0.25) is 5.89 Å². The van der Waals surface area contributed by atoms with Gasteiger partial charge in [-0.3, -0.25) is 4.79 Å². The predicted molar refractivity (Wildman–Crippen MR) is 106 cm³/mol. The van der Waals surface area contributed by atoms with Crippen molar-refractivity contribution in [2.75, 3.05) is 18.5 Å². The van der Waals surface area contributed by atoms with E-state index in [0.29, 0.717) is 29.6 Å². The average molecular weight is 378 g/mol. The van der Waals surface area contributed by atoms with Crippen molar-refractivity contribution in [3.63, 3.8) is 0 Å². The van der Waals surface area contributed by atoms with E-state index >= 15 is 0 Å². The summed E-state index contributed by atoms with van der Waals surface area (Å²) >= 11 is 0. The van der Waals surface area contributed by atoms with Crippen LogP contribution >= 0.6 is 0 Å². The van der Waals surface area contributed by atoms with Crippen LogP contribution in [0.1, 0.15) is 12.8 Å². The highest BCUT2D eigenvalue weighted by atomic mass is 16.4. The molecule has 2 heterocycles. The van der Waals surface area contributed by atoms with E-state index in [9.17, 15) is 9.59 Å². The van der Waals surface area contributed by atoms with Crippen molar-refractivity contribution in [1.29, 1.82) is 0 Å². The maximum absolute atomic E-state index is 12.5. The Morgan fingerprint density at radius 2 is 1.93 bits per heavy atom. The van der Waals surface area contributed by atoms with Gasteiger partial charge in [-0.1, -0.05) is 12.1 Å². The fourth-order valence-corrected chi connectivity index (χ4v) is 3.07. The highest BCUT2D eigenvalue weighted by molar-refractivity contribution is 5.84. The number of fused-ring (bicyclic) bond motifs is 2. The summed E-state index contributed by atoms with van der Waals surface area (Å²) in [6, 6.07) is 14.5. The molecule has 7 nitrogen and oxygen atoms in total. The van der Waals surface area contributed by atoms with Crippen LogP contribution in [0.25, 0.3) is 33.5 Å². The van der Waals surface area contributed by atoms with Gasteiger partial charge < -0.3 is 18.8 Å². The van der Waals surface area contributed by atoms with Gasteiger partial charge >= 0.3 is 11.6 Å². The predicted octanol–water partition coefficient (Wildman–Crippen LogP) is 3.90. The Bertz CT molecular complexity index is 1190. The SMILES string of the molecule is CN(CCCC(=O)O)c1ccc2cc(-c3nc4ccccc4o3)c(=O)oc2c1. The molecular weight excluding hydrogens is 360 g/mol. The Kier molecular flexibility index (Phi) is 4.57. The summed E-state index contributed by atoms with van der Waals surface area (Å²) in [6.45, 7) is 0.586. The van der Waals surface area contributed by atoms with Crippen LogP contribution in [0, 0.1) is 0 Å². The Balaban J connectivity index is 1.66. The first-order valence-electron chi connectivity index (χ1n) is 8.88. The van der Waals surface area contributed by atoms with Crippen molar-refractivity contribution in [3.8, 4) is 11.5 Å². The number of carboxylic acid groups (broad SMARTS) is 1. The highest BCUT2D eigenvalue weighted by Gasteiger charge is 2.15. The van der Waals surface area contributed by atoms with Crippen LogP contribution in [0.4, 0.5) is 5.69 Å². The Morgan fingerprint density at radius 3 is 2.71 bits per heavy atom. The topological polar surface area (TPSA) is 96.8 Å². The molecule has 0 aliphatic heterocycles. The molecule has 0 unspecified atom stereocenters. The van der Waals surface area contributed by atoms with Gasteiger partial charge in [-0.2, -0.15) is 0 Å². The number of carboxylic acids is 1. The smallest absolute Gasteiger partial charge is 0.349 e. The maximum atomic E-state index is 12.5. The summed E-state index contributed by atoms with van der Waals surface area (Å²) in [5.41, 5.74) is 2.32. The third kappa shape index (κ3) is 3.46. The number of oxazole rings is 1. The molecule has 0 atom stereocenters. The molecule has 4 rings (SSSR count). The zero-order valence-corrected chi connectivity index (χ0v) is 15.2. The molecule has 0 saturated heterocycles. The van der Waals surface area contributed by atoms with E-state index in [1.807, 2.05) is 42.3 Å². The van der Waals surface area contributed by atoms with E-state index in [-0.39, 0.29) is 17.9 Å². The third-order valence-corrected chi connectivity index (χ3v) is 4.57. The largest absolute Gasteiger partial charge is 0.481 e. The van der Waals surface area contributed by atoms with Crippen LogP contribution in [-0.4, -0.2) is 29.7 Å². The van der Waals surface area contributed by atoms with Crippen molar-refractivity contribution in [1.82, 2.24) is 4.98 Å². The highest BCUT2D eigenvalue weighted by Crippen LogP contribution is 2.26. The molecule has 0 saturated carbocycles. The maximum Gasteiger partial charge on any atom is 0.349 e. The van der Waals surface area contributed by atoms with Gasteiger partial charge in [-0.15, -0.1) is 0 Å². The van der Waals surface area contributed by atoms with Crippen LogP contribution < -0.4 is 10.5 Å². The Labute approximate surface area is 159 Å². The quantitative estimate of drug-likeness (QED) is 0.508. The summed E-state index contributed by atoms with van der Waals surface area (Å²) in [4.78, 5) is 29.4. The molecule has 0 amide bonds. The molecule has 1 N–H and O–H groups in total. The van der Waals surface area contributed by atoms with Gasteiger partial charge in [0.15, 0.2) is 5.58 Å². The van der Waals surface area contributed by atoms with Gasteiger partial charge in [-0.25, -0.2) is 9.78 Å². The van der Waals surface area contributed by atoms with Crippen LogP contribution in [0.15, 0.2) is 62.2 Å². The zero-order valence-electron chi connectivity index (χ0n) is 15.2. The molecule has 0 aliphatic rings. The number of aliphatic carboxylic acids is 1. The summed E-state index contributed by atoms with van der Waals surface area (Å²) in [5.74, 6) is -0.587. The number of hydrogen-bond donors (Lipinski definition) is 1. The lowest BCUT2D eigenvalue weighted by Crippen LogP contribution is -2.19. The van der Waals surface area contributed by atoms with E-state index in [2.05, 4.69) is 4.98 Å². The number of hydrogen-bond acceptors (Lipinski definition) is 6. The van der Waals surface area contributed by atoms with E-state index in [1.165, 1.54) is 0 Å². The van der Waals surface area contributed by atoms with Crippen molar-refractivity contribution in [2.45, 2.75) is 12.8 Å². The van der Waals surface area contributed by atoms with Crippen molar-refractivity contribution in [2.24, 2.45) is 0 Å². The van der Waals surface area contributed by atoms with E-state index in [0.717, 1.165) is 11.1 Å². The lowest BCUT2D eigenvalue weighted by Gasteiger charge is -2.19. The van der Waals surface area contributed by atoms with Gasteiger partial charge in [-0.05, 0) is 36.8 Å². The number of benzene rings is 2. The van der Waals surface area contributed by atoms with Crippen LogP contribution in [-0.2, 0) is 4.79 Å². The molecule has 28 heavy (non-hydrogen) atoms. The summed E-state index contributed by atoms with van der Waals surface area (Å²) < 4.78 is 11.2. The third-order valence-electron chi connectivity index (χ3n) is 4.57. The first-order chi connectivity index (χ1) is 13.5. The Morgan fingerprint density at radius 1 is 1.11 bits per heavy atom. The molecule has 0 bridgehead atoms. The van der Waals surface area contributed by atoms with Gasteiger partial charge in [0.1, 0.15) is 16.7 Å². The number of para-hydroxylation sites is 2. The van der Waals surface area contributed by atoms with Crippen molar-refractivity contribution < 1.29 is 18.7 Å². The number of aromatic nitrogens is 1. The average Bonchev–Trinajstić information content (AvgIpc) is 3.10. The van der Waals surface area contributed by atoms with Crippen LogP contribution in [0.5, 0.6) is 0 Å². The van der Waals surface area contributed by atoms with E-state index in [1.54, 1.807) is 18.2 Å². The summed E-state index contributed by atoms with van der Waals surface area (Å²) in [7, 11) is 1.87. The van der Waals surface area contributed by atoms with E-state index < -0.39 is 11.6 Å². The van der Waals surface area contributed by atoms with E-state index in [4.69, 9.17) is 13.9 Å². The standard InChI is InChI=1S/C21H18N2O5/c1-23(10-4-7-19(24)25)14-9-8-13-11-15(21(26)28-18(13)12-14)20-22-16-5-2-3-6-17(16)27-20/h2-3,5-6,8-9,11-12H,4,7,10H2,1H3,(H,24,25). The number of anilines is 1. The lowest BCUT2D eigenvalue weighted by atomic mass is 10.1. The monoisotopic (exact) mass is 378 g/mol. The molecule has 2 aromatic carbocycles. The Hall–Kier alpha value is -3.61. The fraction of sp³-hybridized carbons (Fsp3) is 0.190. The first-order valence-corrected chi connectivity index (χ1v) is 8.88. The zero-order chi connectivity index (χ0) is 19.7. The van der Waals surface area contributed by atoms with Crippen LogP contribution in [0.3, 0.4) is 0 Å². The van der Waals surface area contributed by atoms with Crippen molar-refractivity contribution >= 4 is 33.7 Å². The van der Waals surface area contributed by atoms with Gasteiger partial charge in [0, 0.05) is 37.2 Å². The second-order valence-corrected chi connectivity index (χ2v) is 6.58. The van der Waals surface area contributed by atoms with Crippen LogP contribution in [0.2, 0.25) is 0 Å². The molecule has 142 valence electrons. The molecule has 0 aliphatic carbocycles. The normalized spacial score (nSPS) is 11.2. The molecule has 0 fully saturated rings. The number of rotatable bonds is 6. The molecule has 2 aromatic heterocycles. The number of carbonyl (C=O) groups is 1. The fourth-order valence-electron chi connectivity index (χ4n) is 3.07.